The largest absolute Gasteiger partial charge is 0.491 e. The molecule has 0 unspecified atom stereocenters. The van der Waals surface area contributed by atoms with E-state index in [1.807, 2.05) is 32.0 Å². The van der Waals surface area contributed by atoms with E-state index in [1.54, 1.807) is 7.11 Å². The minimum atomic E-state index is -0.701. The molecule has 0 heterocycles. The minimum absolute atomic E-state index is 0.0895. The maximum absolute atomic E-state index is 10.5. The van der Waals surface area contributed by atoms with Gasteiger partial charge in [0.25, 0.3) is 0 Å². The van der Waals surface area contributed by atoms with E-state index in [-0.39, 0.29) is 6.10 Å². The van der Waals surface area contributed by atoms with Crippen LogP contribution in [0, 0.1) is 0 Å². The average Bonchev–Trinajstić information content (AvgIpc) is 2.31. The van der Waals surface area contributed by atoms with Crippen LogP contribution in [0.1, 0.15) is 25.0 Å². The lowest BCUT2D eigenvalue weighted by molar-refractivity contribution is 0.174. The van der Waals surface area contributed by atoms with E-state index in [0.29, 0.717) is 6.61 Å². The summed E-state index contributed by atoms with van der Waals surface area (Å²) in [4.78, 5) is 10.5. The van der Waals surface area contributed by atoms with Gasteiger partial charge >= 0.3 is 6.03 Å². The number of urea groups is 1. The lowest BCUT2D eigenvalue weighted by Gasteiger charge is -2.14. The lowest BCUT2D eigenvalue weighted by Crippen LogP contribution is -2.24. The fraction of sp³-hybridized carbons (Fsp3) is 0.385. The fourth-order valence-corrected chi connectivity index (χ4v) is 1.49. The molecule has 0 saturated heterocycles. The number of benzene rings is 1. The van der Waals surface area contributed by atoms with Gasteiger partial charge in [-0.25, -0.2) is 10.2 Å². The van der Waals surface area contributed by atoms with Gasteiger partial charge in [0, 0.05) is 12.7 Å². The van der Waals surface area contributed by atoms with Gasteiger partial charge in [-0.2, -0.15) is 5.10 Å². The zero-order chi connectivity index (χ0) is 14.3. The molecule has 3 N–H and O–H groups in total. The third kappa shape index (κ3) is 5.39. The van der Waals surface area contributed by atoms with E-state index < -0.39 is 6.03 Å². The van der Waals surface area contributed by atoms with Gasteiger partial charge in [-0.15, -0.1) is 0 Å². The van der Waals surface area contributed by atoms with Crippen LogP contribution in [-0.4, -0.2) is 25.5 Å². The Balaban J connectivity index is 2.88. The third-order valence-corrected chi connectivity index (χ3v) is 2.14. The molecule has 0 fully saturated rings. The lowest BCUT2D eigenvalue weighted by atomic mass is 10.1. The predicted molar refractivity (Wildman–Crippen MR) is 73.2 cm³/mol. The van der Waals surface area contributed by atoms with Gasteiger partial charge in [-0.3, -0.25) is 0 Å². The van der Waals surface area contributed by atoms with E-state index in [2.05, 4.69) is 10.5 Å². The van der Waals surface area contributed by atoms with Crippen LogP contribution in [0.2, 0.25) is 0 Å². The molecule has 0 saturated carbocycles. The number of ether oxygens (including phenoxy) is 2. The van der Waals surface area contributed by atoms with Crippen molar-refractivity contribution < 1.29 is 14.3 Å². The van der Waals surface area contributed by atoms with Crippen molar-refractivity contribution in [3.63, 3.8) is 0 Å². The zero-order valence-corrected chi connectivity index (χ0v) is 11.3. The molecular weight excluding hydrogens is 246 g/mol. The number of methoxy groups -OCH3 is 1. The molecule has 6 nitrogen and oxygen atoms in total. The number of primary amides is 1. The topological polar surface area (TPSA) is 85.9 Å². The van der Waals surface area contributed by atoms with Gasteiger partial charge in [0.15, 0.2) is 0 Å². The Labute approximate surface area is 112 Å². The van der Waals surface area contributed by atoms with E-state index in [9.17, 15) is 4.79 Å². The smallest absolute Gasteiger partial charge is 0.332 e. The average molecular weight is 265 g/mol. The van der Waals surface area contributed by atoms with Crippen molar-refractivity contribution >= 4 is 12.2 Å². The first-order chi connectivity index (χ1) is 9.02. The summed E-state index contributed by atoms with van der Waals surface area (Å²) in [5, 5.41) is 3.70. The molecule has 19 heavy (non-hydrogen) atoms. The van der Waals surface area contributed by atoms with E-state index >= 15 is 0 Å². The van der Waals surface area contributed by atoms with Crippen LogP contribution in [0.15, 0.2) is 23.3 Å². The normalized spacial score (nSPS) is 10.9. The highest BCUT2D eigenvalue weighted by Crippen LogP contribution is 2.21. The Morgan fingerprint density at radius 3 is 2.84 bits per heavy atom. The third-order valence-electron chi connectivity index (χ3n) is 2.14. The molecule has 0 radical (unpaired) electrons. The van der Waals surface area contributed by atoms with Crippen LogP contribution in [0.5, 0.6) is 5.75 Å². The Kier molecular flexibility index (Phi) is 5.81. The van der Waals surface area contributed by atoms with Crippen LogP contribution >= 0.6 is 0 Å². The number of amides is 2. The second-order valence-electron chi connectivity index (χ2n) is 4.20. The molecule has 2 amide bonds. The first-order valence-electron chi connectivity index (χ1n) is 5.90. The molecular formula is C13H19N3O3. The molecule has 1 aromatic rings. The monoisotopic (exact) mass is 265 g/mol. The molecule has 104 valence electrons. The first-order valence-corrected chi connectivity index (χ1v) is 5.90. The summed E-state index contributed by atoms with van der Waals surface area (Å²) in [5.74, 6) is 0.775. The van der Waals surface area contributed by atoms with Crippen molar-refractivity contribution in [3.05, 3.63) is 29.3 Å². The Bertz CT molecular complexity index is 458. The number of hydrogen-bond acceptors (Lipinski definition) is 4. The molecule has 0 bridgehead atoms. The van der Waals surface area contributed by atoms with Crippen molar-refractivity contribution in [2.75, 3.05) is 7.11 Å². The van der Waals surface area contributed by atoms with Gasteiger partial charge in [0.2, 0.25) is 0 Å². The number of carbonyl (C=O) groups excluding carboxylic acids is 1. The van der Waals surface area contributed by atoms with Crippen LogP contribution in [0.25, 0.3) is 0 Å². The van der Waals surface area contributed by atoms with Crippen LogP contribution in [-0.2, 0) is 11.3 Å². The highest BCUT2D eigenvalue weighted by Gasteiger charge is 2.06. The summed E-state index contributed by atoms with van der Waals surface area (Å²) < 4.78 is 10.8. The standard InChI is InChI=1S/C13H19N3O3/c1-9(2)19-12-5-4-10(6-11(12)8-18-3)7-15-16-13(14)17/h4-7,9H,8H2,1-3H3,(H3,14,16,17). The summed E-state index contributed by atoms with van der Waals surface area (Å²) in [5.41, 5.74) is 8.78. The maximum Gasteiger partial charge on any atom is 0.332 e. The molecule has 0 aliphatic carbocycles. The Hall–Kier alpha value is -2.08. The van der Waals surface area contributed by atoms with Crippen molar-refractivity contribution in [2.45, 2.75) is 26.6 Å². The summed E-state index contributed by atoms with van der Waals surface area (Å²) in [6.45, 7) is 4.36. The van der Waals surface area contributed by atoms with Crippen molar-refractivity contribution in [1.29, 1.82) is 0 Å². The number of hydrazone groups is 1. The summed E-state index contributed by atoms with van der Waals surface area (Å²) in [6.07, 6.45) is 1.59. The van der Waals surface area contributed by atoms with Crippen molar-refractivity contribution in [3.8, 4) is 5.75 Å². The maximum atomic E-state index is 10.5. The highest BCUT2D eigenvalue weighted by molar-refractivity contribution is 5.82. The van der Waals surface area contributed by atoms with Crippen molar-refractivity contribution in [1.82, 2.24) is 5.43 Å². The van der Waals surface area contributed by atoms with E-state index in [0.717, 1.165) is 16.9 Å². The van der Waals surface area contributed by atoms with Gasteiger partial charge in [-0.1, -0.05) is 0 Å². The fourth-order valence-electron chi connectivity index (χ4n) is 1.49. The molecule has 0 aromatic heterocycles. The van der Waals surface area contributed by atoms with Gasteiger partial charge in [0.1, 0.15) is 5.75 Å². The summed E-state index contributed by atoms with van der Waals surface area (Å²) in [6, 6.07) is 4.87. The van der Waals surface area contributed by atoms with Crippen LogP contribution in [0.3, 0.4) is 0 Å². The van der Waals surface area contributed by atoms with Gasteiger partial charge in [0.05, 0.1) is 18.9 Å². The Morgan fingerprint density at radius 1 is 1.53 bits per heavy atom. The number of rotatable bonds is 6. The number of carbonyl (C=O) groups is 1. The molecule has 1 rings (SSSR count). The minimum Gasteiger partial charge on any atom is -0.491 e. The SMILES string of the molecule is COCc1cc(C=NNC(N)=O)ccc1OC(C)C. The highest BCUT2D eigenvalue weighted by atomic mass is 16.5. The Morgan fingerprint density at radius 2 is 2.26 bits per heavy atom. The van der Waals surface area contributed by atoms with Gasteiger partial charge < -0.3 is 15.2 Å². The molecule has 1 aromatic carbocycles. The number of nitrogens with zero attached hydrogens (tertiary/aromatic N) is 1. The number of hydrogen-bond donors (Lipinski definition) is 2. The molecule has 6 heteroatoms. The van der Waals surface area contributed by atoms with Crippen LogP contribution in [0.4, 0.5) is 4.79 Å². The first kappa shape index (κ1) is 15.0. The number of nitrogens with one attached hydrogen (secondary N) is 1. The van der Waals surface area contributed by atoms with Crippen molar-refractivity contribution in [2.24, 2.45) is 10.8 Å². The molecule has 0 atom stereocenters. The molecule has 0 spiro atoms. The second-order valence-corrected chi connectivity index (χ2v) is 4.20. The molecule has 0 aliphatic rings. The zero-order valence-electron chi connectivity index (χ0n) is 11.3. The second kappa shape index (κ2) is 7.38. The van der Waals surface area contributed by atoms with E-state index in [4.69, 9.17) is 15.2 Å². The quantitative estimate of drug-likeness (QED) is 0.605. The summed E-state index contributed by atoms with van der Waals surface area (Å²) in [7, 11) is 1.62. The van der Waals surface area contributed by atoms with Crippen LogP contribution < -0.4 is 15.9 Å². The number of nitrogens with two attached hydrogens (primary N) is 1. The van der Waals surface area contributed by atoms with Gasteiger partial charge in [-0.05, 0) is 37.6 Å². The van der Waals surface area contributed by atoms with E-state index in [1.165, 1.54) is 6.21 Å². The predicted octanol–water partition coefficient (Wildman–Crippen LogP) is 1.62. The summed E-state index contributed by atoms with van der Waals surface area (Å²) >= 11 is 0. The molecule has 0 aliphatic heterocycles.